The molecule has 1 unspecified atom stereocenters. The Bertz CT molecular complexity index is 1570. The van der Waals surface area contributed by atoms with Gasteiger partial charge in [-0.05, 0) is 66.4 Å². The minimum absolute atomic E-state index is 0.0383. The van der Waals surface area contributed by atoms with Crippen LogP contribution in [0.3, 0.4) is 0 Å². The SMILES string of the molecule is CCC(C(=O)NCC(C)C)N(Cc1ccc(Cl)cc1Cl)C(=O)CN(c1ccc(F)cc1)S(=O)(=O)c1ccc(OC)c(OC)c1. The molecule has 3 aromatic carbocycles. The number of methoxy groups -OCH3 is 2. The highest BCUT2D eigenvalue weighted by Gasteiger charge is 2.34. The summed E-state index contributed by atoms with van der Waals surface area (Å²) in [5.74, 6) is -1.04. The fraction of sp³-hybridized carbons (Fsp3) is 0.355. The maximum absolute atomic E-state index is 14.2. The molecule has 2 amide bonds. The van der Waals surface area contributed by atoms with E-state index in [1.54, 1.807) is 19.1 Å². The highest BCUT2D eigenvalue weighted by molar-refractivity contribution is 7.92. The number of amides is 2. The largest absolute Gasteiger partial charge is 0.493 e. The Morgan fingerprint density at radius 1 is 0.955 bits per heavy atom. The molecule has 0 spiro atoms. The smallest absolute Gasteiger partial charge is 0.264 e. The van der Waals surface area contributed by atoms with Crippen molar-refractivity contribution in [3.63, 3.8) is 0 Å². The van der Waals surface area contributed by atoms with E-state index in [4.69, 9.17) is 32.7 Å². The number of ether oxygens (including phenoxy) is 2. The number of hydrogen-bond acceptors (Lipinski definition) is 6. The van der Waals surface area contributed by atoms with Crippen molar-refractivity contribution in [2.24, 2.45) is 5.92 Å². The standard InChI is InChI=1S/C31H36Cl2FN3O6S/c1-6-27(31(39)35-17-20(2)3)36(18-21-7-8-22(32)15-26(21)33)30(38)19-37(24-11-9-23(34)10-12-24)44(40,41)25-13-14-28(42-4)29(16-25)43-5/h7-16,20,27H,6,17-19H2,1-5H3,(H,35,39). The minimum Gasteiger partial charge on any atom is -0.493 e. The molecule has 3 rings (SSSR count). The molecule has 0 fully saturated rings. The number of rotatable bonds is 14. The second-order valence-electron chi connectivity index (χ2n) is 10.3. The van der Waals surface area contributed by atoms with Crippen LogP contribution in [0.1, 0.15) is 32.8 Å². The van der Waals surface area contributed by atoms with Gasteiger partial charge >= 0.3 is 0 Å². The van der Waals surface area contributed by atoms with Gasteiger partial charge in [-0.2, -0.15) is 0 Å². The van der Waals surface area contributed by atoms with E-state index < -0.39 is 40.2 Å². The molecule has 0 aliphatic carbocycles. The van der Waals surface area contributed by atoms with E-state index in [0.717, 1.165) is 16.4 Å². The molecule has 44 heavy (non-hydrogen) atoms. The molecular formula is C31H36Cl2FN3O6S. The van der Waals surface area contributed by atoms with Crippen LogP contribution in [0.5, 0.6) is 11.5 Å². The van der Waals surface area contributed by atoms with Crippen LogP contribution in [0.2, 0.25) is 10.0 Å². The monoisotopic (exact) mass is 667 g/mol. The Kier molecular flexibility index (Phi) is 12.3. The number of nitrogens with one attached hydrogen (secondary N) is 1. The summed E-state index contributed by atoms with van der Waals surface area (Å²) in [6.45, 7) is 5.21. The highest BCUT2D eigenvalue weighted by Crippen LogP contribution is 2.33. The molecule has 13 heteroatoms. The van der Waals surface area contributed by atoms with Crippen LogP contribution in [0.15, 0.2) is 65.6 Å². The summed E-state index contributed by atoms with van der Waals surface area (Å²) in [4.78, 5) is 28.6. The van der Waals surface area contributed by atoms with Gasteiger partial charge in [-0.1, -0.05) is 50.0 Å². The zero-order chi connectivity index (χ0) is 32.6. The minimum atomic E-state index is -4.43. The lowest BCUT2D eigenvalue weighted by molar-refractivity contribution is -0.140. The lowest BCUT2D eigenvalue weighted by Crippen LogP contribution is -2.52. The molecule has 0 saturated heterocycles. The number of hydrogen-bond donors (Lipinski definition) is 1. The summed E-state index contributed by atoms with van der Waals surface area (Å²) < 4.78 is 53.5. The van der Waals surface area contributed by atoms with Crippen LogP contribution in [0.25, 0.3) is 0 Å². The zero-order valence-corrected chi connectivity index (χ0v) is 27.5. The first-order valence-corrected chi connectivity index (χ1v) is 16.0. The average Bonchev–Trinajstić information content (AvgIpc) is 2.99. The summed E-state index contributed by atoms with van der Waals surface area (Å²) in [7, 11) is -1.65. The van der Waals surface area contributed by atoms with Crippen LogP contribution in [0, 0.1) is 11.7 Å². The first-order valence-electron chi connectivity index (χ1n) is 13.8. The normalized spacial score (nSPS) is 12.0. The van der Waals surface area contributed by atoms with E-state index in [2.05, 4.69) is 5.32 Å². The van der Waals surface area contributed by atoms with E-state index in [1.807, 2.05) is 13.8 Å². The van der Waals surface area contributed by atoms with Crippen molar-refractivity contribution >= 4 is 50.7 Å². The second kappa shape index (κ2) is 15.5. The molecule has 0 aliphatic heterocycles. The van der Waals surface area contributed by atoms with E-state index in [1.165, 1.54) is 55.5 Å². The van der Waals surface area contributed by atoms with Crippen LogP contribution in [0.4, 0.5) is 10.1 Å². The fourth-order valence-corrected chi connectivity index (χ4v) is 6.31. The summed E-state index contributed by atoms with van der Waals surface area (Å²) >= 11 is 12.5. The molecule has 0 saturated carbocycles. The summed E-state index contributed by atoms with van der Waals surface area (Å²) in [5, 5.41) is 3.53. The van der Waals surface area contributed by atoms with Gasteiger partial charge in [0.1, 0.15) is 18.4 Å². The maximum Gasteiger partial charge on any atom is 0.264 e. The number of anilines is 1. The zero-order valence-electron chi connectivity index (χ0n) is 25.1. The Morgan fingerprint density at radius 2 is 1.61 bits per heavy atom. The molecule has 238 valence electrons. The van der Waals surface area contributed by atoms with E-state index in [9.17, 15) is 22.4 Å². The fourth-order valence-electron chi connectivity index (χ4n) is 4.42. The maximum atomic E-state index is 14.2. The van der Waals surface area contributed by atoms with E-state index in [-0.39, 0.29) is 40.2 Å². The van der Waals surface area contributed by atoms with Gasteiger partial charge in [0.05, 0.1) is 24.8 Å². The van der Waals surface area contributed by atoms with Crippen LogP contribution in [-0.2, 0) is 26.2 Å². The number of sulfonamides is 1. The third-order valence-electron chi connectivity index (χ3n) is 6.76. The Labute approximate surface area is 267 Å². The Hall–Kier alpha value is -3.54. The van der Waals surface area contributed by atoms with Crippen molar-refractivity contribution in [1.29, 1.82) is 0 Å². The third kappa shape index (κ3) is 8.55. The molecule has 1 atom stereocenters. The molecule has 3 aromatic rings. The third-order valence-corrected chi connectivity index (χ3v) is 9.12. The lowest BCUT2D eigenvalue weighted by atomic mass is 10.1. The number of nitrogens with zero attached hydrogens (tertiary/aromatic N) is 2. The predicted octanol–water partition coefficient (Wildman–Crippen LogP) is 5.92. The van der Waals surface area contributed by atoms with Crippen LogP contribution in [-0.4, -0.2) is 58.5 Å². The summed E-state index contributed by atoms with van der Waals surface area (Å²) in [5.41, 5.74) is 0.548. The van der Waals surface area contributed by atoms with Crippen molar-refractivity contribution < 1.29 is 31.9 Å². The predicted molar refractivity (Wildman–Crippen MR) is 169 cm³/mol. The van der Waals surface area contributed by atoms with Gasteiger partial charge in [-0.15, -0.1) is 0 Å². The Morgan fingerprint density at radius 3 is 2.18 bits per heavy atom. The molecule has 0 heterocycles. The summed E-state index contributed by atoms with van der Waals surface area (Å²) in [6, 6.07) is 12.5. The van der Waals surface area contributed by atoms with Crippen molar-refractivity contribution in [2.75, 3.05) is 31.6 Å². The van der Waals surface area contributed by atoms with Crippen molar-refractivity contribution in [3.05, 3.63) is 82.1 Å². The van der Waals surface area contributed by atoms with Gasteiger partial charge in [0.2, 0.25) is 11.8 Å². The van der Waals surface area contributed by atoms with Gasteiger partial charge in [-0.3, -0.25) is 13.9 Å². The van der Waals surface area contributed by atoms with Crippen molar-refractivity contribution in [2.45, 2.75) is 44.7 Å². The highest BCUT2D eigenvalue weighted by atomic mass is 35.5. The van der Waals surface area contributed by atoms with Gasteiger partial charge < -0.3 is 19.7 Å². The first kappa shape index (κ1) is 34.9. The van der Waals surface area contributed by atoms with Crippen molar-refractivity contribution in [3.8, 4) is 11.5 Å². The van der Waals surface area contributed by atoms with E-state index in [0.29, 0.717) is 22.9 Å². The van der Waals surface area contributed by atoms with Gasteiger partial charge in [0.25, 0.3) is 10.0 Å². The lowest BCUT2D eigenvalue weighted by Gasteiger charge is -2.33. The number of carbonyl (C=O) groups excluding carboxylic acids is 2. The molecule has 9 nitrogen and oxygen atoms in total. The van der Waals surface area contributed by atoms with Crippen molar-refractivity contribution in [1.82, 2.24) is 10.2 Å². The average molecular weight is 669 g/mol. The number of carbonyl (C=O) groups is 2. The molecular weight excluding hydrogens is 632 g/mol. The number of benzene rings is 3. The van der Waals surface area contributed by atoms with Gasteiger partial charge in [0.15, 0.2) is 11.5 Å². The van der Waals surface area contributed by atoms with Crippen LogP contribution < -0.4 is 19.1 Å². The Balaban J connectivity index is 2.10. The molecule has 0 aliphatic rings. The second-order valence-corrected chi connectivity index (χ2v) is 13.0. The molecule has 1 N–H and O–H groups in total. The van der Waals surface area contributed by atoms with E-state index >= 15 is 0 Å². The topological polar surface area (TPSA) is 105 Å². The molecule has 0 bridgehead atoms. The molecule has 0 aromatic heterocycles. The molecule has 0 radical (unpaired) electrons. The van der Waals surface area contributed by atoms with Crippen LogP contribution >= 0.6 is 23.2 Å². The van der Waals surface area contributed by atoms with Gasteiger partial charge in [-0.25, -0.2) is 12.8 Å². The van der Waals surface area contributed by atoms with Gasteiger partial charge in [0, 0.05) is 29.2 Å². The summed E-state index contributed by atoms with van der Waals surface area (Å²) in [6.07, 6.45) is 0.236. The first-order chi connectivity index (χ1) is 20.8. The number of halogens is 3. The quantitative estimate of drug-likeness (QED) is 0.229.